The molecule has 24 heavy (non-hydrogen) atoms. The van der Waals surface area contributed by atoms with E-state index in [0.29, 0.717) is 12.4 Å². The molecule has 0 aliphatic rings. The quantitative estimate of drug-likeness (QED) is 0.848. The number of carbonyl (C=O) groups excluding carboxylic acids is 2. The summed E-state index contributed by atoms with van der Waals surface area (Å²) in [7, 11) is 0. The van der Waals surface area contributed by atoms with Crippen LogP contribution in [0.3, 0.4) is 0 Å². The zero-order chi connectivity index (χ0) is 17.7. The second-order valence-corrected chi connectivity index (χ2v) is 6.07. The number of aromatic amines is 1. The standard InChI is InChI=1S/C17H23N5O2/c1-11(2)22(10-14-7-5-6-12(3)8-14)16(24)9-15-19-17(21-20-15)18-13(4)23/h5-8,11H,9-10H2,1-4H3,(H2,18,19,20,21,23). The molecule has 0 spiro atoms. The zero-order valence-corrected chi connectivity index (χ0v) is 14.5. The fraction of sp³-hybridized carbons (Fsp3) is 0.412. The summed E-state index contributed by atoms with van der Waals surface area (Å²) in [5, 5.41) is 9.04. The predicted octanol–water partition coefficient (Wildman–Crippen LogP) is 2.05. The fourth-order valence-corrected chi connectivity index (χ4v) is 2.40. The molecule has 0 saturated heterocycles. The lowest BCUT2D eigenvalue weighted by Crippen LogP contribution is -2.37. The van der Waals surface area contributed by atoms with Crippen molar-refractivity contribution in [2.75, 3.05) is 5.32 Å². The Labute approximate surface area is 141 Å². The summed E-state index contributed by atoms with van der Waals surface area (Å²) >= 11 is 0. The smallest absolute Gasteiger partial charge is 0.248 e. The van der Waals surface area contributed by atoms with Crippen molar-refractivity contribution in [2.45, 2.75) is 46.7 Å². The van der Waals surface area contributed by atoms with Crippen molar-refractivity contribution in [2.24, 2.45) is 0 Å². The molecule has 7 heteroatoms. The van der Waals surface area contributed by atoms with Crippen LogP contribution >= 0.6 is 0 Å². The summed E-state index contributed by atoms with van der Waals surface area (Å²) in [5.41, 5.74) is 2.26. The third kappa shape index (κ3) is 4.91. The Bertz CT molecular complexity index is 723. The molecule has 2 rings (SSSR count). The molecule has 7 nitrogen and oxygen atoms in total. The summed E-state index contributed by atoms with van der Waals surface area (Å²) in [4.78, 5) is 29.5. The van der Waals surface area contributed by atoms with Crippen LogP contribution < -0.4 is 5.32 Å². The summed E-state index contributed by atoms with van der Waals surface area (Å²) in [5.74, 6) is 0.311. The lowest BCUT2D eigenvalue weighted by molar-refractivity contribution is -0.133. The van der Waals surface area contributed by atoms with E-state index in [0.717, 1.165) is 5.56 Å². The van der Waals surface area contributed by atoms with Gasteiger partial charge in [0.25, 0.3) is 0 Å². The maximum Gasteiger partial charge on any atom is 0.248 e. The summed E-state index contributed by atoms with van der Waals surface area (Å²) in [6.07, 6.45) is 0.108. The molecule has 0 atom stereocenters. The van der Waals surface area contributed by atoms with E-state index in [-0.39, 0.29) is 30.2 Å². The molecule has 0 bridgehead atoms. The monoisotopic (exact) mass is 329 g/mol. The molecule has 1 heterocycles. The van der Waals surface area contributed by atoms with E-state index in [1.165, 1.54) is 12.5 Å². The van der Waals surface area contributed by atoms with Gasteiger partial charge in [0.15, 0.2) is 0 Å². The second-order valence-electron chi connectivity index (χ2n) is 6.07. The number of hydrogen-bond donors (Lipinski definition) is 2. The predicted molar refractivity (Wildman–Crippen MR) is 91.3 cm³/mol. The van der Waals surface area contributed by atoms with E-state index in [1.54, 1.807) is 4.90 Å². The number of anilines is 1. The van der Waals surface area contributed by atoms with Crippen molar-refractivity contribution in [3.63, 3.8) is 0 Å². The number of nitrogens with zero attached hydrogens (tertiary/aromatic N) is 3. The van der Waals surface area contributed by atoms with Crippen LogP contribution in [0.5, 0.6) is 0 Å². The Hall–Kier alpha value is -2.70. The van der Waals surface area contributed by atoms with Gasteiger partial charge < -0.3 is 4.90 Å². The molecule has 2 N–H and O–H groups in total. The number of aromatic nitrogens is 3. The zero-order valence-electron chi connectivity index (χ0n) is 14.5. The normalized spacial score (nSPS) is 10.7. The largest absolute Gasteiger partial charge is 0.336 e. The van der Waals surface area contributed by atoms with Crippen LogP contribution in [0.1, 0.15) is 37.7 Å². The van der Waals surface area contributed by atoms with Gasteiger partial charge in [-0.25, -0.2) is 0 Å². The van der Waals surface area contributed by atoms with E-state index >= 15 is 0 Å². The van der Waals surface area contributed by atoms with Crippen molar-refractivity contribution >= 4 is 17.8 Å². The average Bonchev–Trinajstić information content (AvgIpc) is 2.90. The molecule has 2 aromatic rings. The van der Waals surface area contributed by atoms with E-state index in [4.69, 9.17) is 0 Å². The highest BCUT2D eigenvalue weighted by Crippen LogP contribution is 2.12. The van der Waals surface area contributed by atoms with Crippen molar-refractivity contribution in [1.29, 1.82) is 0 Å². The third-order valence-corrected chi connectivity index (χ3v) is 3.52. The van der Waals surface area contributed by atoms with Gasteiger partial charge in [0.1, 0.15) is 5.82 Å². The van der Waals surface area contributed by atoms with Crippen molar-refractivity contribution < 1.29 is 9.59 Å². The number of H-pyrrole nitrogens is 1. The molecule has 0 saturated carbocycles. The number of nitrogens with one attached hydrogen (secondary N) is 2. The third-order valence-electron chi connectivity index (χ3n) is 3.52. The van der Waals surface area contributed by atoms with Gasteiger partial charge in [0, 0.05) is 19.5 Å². The van der Waals surface area contributed by atoms with Gasteiger partial charge in [-0.3, -0.25) is 20.0 Å². The van der Waals surface area contributed by atoms with Crippen LogP contribution in [0.25, 0.3) is 0 Å². The maximum atomic E-state index is 12.6. The molecule has 0 unspecified atom stereocenters. The van der Waals surface area contributed by atoms with Gasteiger partial charge in [-0.1, -0.05) is 29.8 Å². The Morgan fingerprint density at radius 3 is 2.71 bits per heavy atom. The molecule has 0 aliphatic carbocycles. The number of aryl methyl sites for hydroxylation is 1. The first-order chi connectivity index (χ1) is 11.3. The van der Waals surface area contributed by atoms with Crippen LogP contribution in [-0.4, -0.2) is 37.9 Å². The van der Waals surface area contributed by atoms with E-state index in [2.05, 4.69) is 26.6 Å². The van der Waals surface area contributed by atoms with Crippen LogP contribution in [-0.2, 0) is 22.6 Å². The van der Waals surface area contributed by atoms with Crippen molar-refractivity contribution in [1.82, 2.24) is 20.1 Å². The van der Waals surface area contributed by atoms with Gasteiger partial charge >= 0.3 is 0 Å². The Balaban J connectivity index is 2.06. The van der Waals surface area contributed by atoms with Gasteiger partial charge in [0.2, 0.25) is 17.8 Å². The van der Waals surface area contributed by atoms with Crippen LogP contribution in [0, 0.1) is 6.92 Å². The minimum absolute atomic E-state index is 0.0444. The average molecular weight is 329 g/mol. The van der Waals surface area contributed by atoms with Crippen LogP contribution in [0.4, 0.5) is 5.95 Å². The minimum atomic E-state index is -0.255. The molecule has 0 fully saturated rings. The topological polar surface area (TPSA) is 91.0 Å². The van der Waals surface area contributed by atoms with E-state index in [9.17, 15) is 9.59 Å². The van der Waals surface area contributed by atoms with Crippen LogP contribution in [0.2, 0.25) is 0 Å². The number of benzene rings is 1. The first kappa shape index (κ1) is 17.7. The molecular formula is C17H23N5O2. The number of rotatable bonds is 6. The first-order valence-electron chi connectivity index (χ1n) is 7.89. The number of amides is 2. The van der Waals surface area contributed by atoms with Crippen LogP contribution in [0.15, 0.2) is 24.3 Å². The van der Waals surface area contributed by atoms with Crippen molar-refractivity contribution in [3.8, 4) is 0 Å². The summed E-state index contributed by atoms with van der Waals surface area (Å²) in [6.45, 7) is 7.92. The molecule has 128 valence electrons. The lowest BCUT2D eigenvalue weighted by Gasteiger charge is -2.26. The number of carbonyl (C=O) groups is 2. The SMILES string of the molecule is CC(=O)Nc1n[nH]c(CC(=O)N(Cc2cccc(C)c2)C(C)C)n1. The lowest BCUT2D eigenvalue weighted by atomic mass is 10.1. The van der Waals surface area contributed by atoms with Crippen molar-refractivity contribution in [3.05, 3.63) is 41.2 Å². The Morgan fingerprint density at radius 2 is 2.08 bits per heavy atom. The highest BCUT2D eigenvalue weighted by molar-refractivity contribution is 5.86. The fourth-order valence-electron chi connectivity index (χ4n) is 2.40. The molecule has 2 amide bonds. The summed E-state index contributed by atoms with van der Waals surface area (Å²) < 4.78 is 0. The highest BCUT2D eigenvalue weighted by Gasteiger charge is 2.19. The van der Waals surface area contributed by atoms with E-state index < -0.39 is 0 Å². The number of hydrogen-bond acceptors (Lipinski definition) is 4. The molecule has 0 aliphatic heterocycles. The molecule has 1 aromatic heterocycles. The van der Waals surface area contributed by atoms with E-state index in [1.807, 2.05) is 39.0 Å². The molecular weight excluding hydrogens is 306 g/mol. The van der Waals surface area contributed by atoms with Gasteiger partial charge in [-0.15, -0.1) is 5.10 Å². The minimum Gasteiger partial charge on any atom is -0.336 e. The van der Waals surface area contributed by atoms with Gasteiger partial charge in [0.05, 0.1) is 6.42 Å². The maximum absolute atomic E-state index is 12.6. The molecule has 1 aromatic carbocycles. The Kier molecular flexibility index (Phi) is 5.68. The van der Waals surface area contributed by atoms with Gasteiger partial charge in [-0.2, -0.15) is 4.98 Å². The Morgan fingerprint density at radius 1 is 1.33 bits per heavy atom. The highest BCUT2D eigenvalue weighted by atomic mass is 16.2. The summed E-state index contributed by atoms with van der Waals surface area (Å²) in [6, 6.07) is 8.17. The first-order valence-corrected chi connectivity index (χ1v) is 7.89. The van der Waals surface area contributed by atoms with Gasteiger partial charge in [-0.05, 0) is 26.3 Å². The molecule has 0 radical (unpaired) electrons. The second kappa shape index (κ2) is 7.72.